The van der Waals surface area contributed by atoms with Crippen molar-refractivity contribution in [1.82, 2.24) is 0 Å². The lowest BCUT2D eigenvalue weighted by Crippen LogP contribution is -2.52. The molecule has 0 radical (unpaired) electrons. The van der Waals surface area contributed by atoms with Crippen molar-refractivity contribution in [2.75, 3.05) is 21.3 Å². The van der Waals surface area contributed by atoms with Gasteiger partial charge < -0.3 is 38.7 Å². The van der Waals surface area contributed by atoms with Crippen LogP contribution in [-0.2, 0) is 17.8 Å². The Kier molecular flexibility index (Phi) is 6.53. The van der Waals surface area contributed by atoms with Crippen LogP contribution < -0.4 is 18.9 Å². The van der Waals surface area contributed by atoms with E-state index in [1.54, 1.807) is 43.5 Å². The summed E-state index contributed by atoms with van der Waals surface area (Å²) in [7, 11) is 4.50. The summed E-state index contributed by atoms with van der Waals surface area (Å²) in [6.07, 6.45) is -1.67. The molecule has 1 saturated carbocycles. The molecule has 1 aliphatic carbocycles. The average Bonchev–Trinajstić information content (AvgIpc) is 3.66. The van der Waals surface area contributed by atoms with Gasteiger partial charge in [0, 0.05) is 18.1 Å². The number of carbonyl (C=O) groups excluding carboxylic acids is 1. The Bertz CT molecular complexity index is 1580. The van der Waals surface area contributed by atoms with E-state index in [0.29, 0.717) is 22.6 Å². The number of aliphatic hydroxyl groups excluding tert-OH is 2. The fraction of sp³-hybridized carbons (Fsp3) is 0.281. The smallest absolute Gasteiger partial charge is 0.204 e. The van der Waals surface area contributed by atoms with Gasteiger partial charge >= 0.3 is 0 Å². The Hall–Kier alpha value is -4.31. The topological polar surface area (TPSA) is 128 Å². The van der Waals surface area contributed by atoms with E-state index in [0.717, 1.165) is 0 Å². The van der Waals surface area contributed by atoms with Crippen molar-refractivity contribution in [3.05, 3.63) is 107 Å². The number of aliphatic hydroxyl groups is 3. The van der Waals surface area contributed by atoms with E-state index in [9.17, 15) is 20.1 Å². The fourth-order valence-corrected chi connectivity index (χ4v) is 6.55. The molecule has 1 fully saturated rings. The Morgan fingerprint density at radius 3 is 2.22 bits per heavy atom. The molecule has 41 heavy (non-hydrogen) atoms. The first-order chi connectivity index (χ1) is 19.8. The van der Waals surface area contributed by atoms with Crippen LogP contribution in [0.5, 0.6) is 23.0 Å². The lowest BCUT2D eigenvalue weighted by Gasteiger charge is -2.40. The highest BCUT2D eigenvalue weighted by molar-refractivity contribution is 5.97. The number of furan rings is 1. The molecule has 0 unspecified atom stereocenters. The molecule has 4 aromatic rings. The molecule has 0 saturated heterocycles. The Morgan fingerprint density at radius 1 is 0.902 bits per heavy atom. The summed E-state index contributed by atoms with van der Waals surface area (Å²) in [5.74, 6) is -1.01. The maximum atomic E-state index is 14.2. The number of rotatable bonds is 8. The minimum absolute atomic E-state index is 0.0468. The number of hydrogen-bond acceptors (Lipinski definition) is 9. The van der Waals surface area contributed by atoms with Crippen LogP contribution in [0.2, 0.25) is 0 Å². The maximum absolute atomic E-state index is 14.2. The number of ether oxygens (including phenoxy) is 4. The van der Waals surface area contributed by atoms with Crippen LogP contribution in [0, 0.1) is 5.92 Å². The summed E-state index contributed by atoms with van der Waals surface area (Å²) < 4.78 is 29.0. The highest BCUT2D eigenvalue weighted by Gasteiger charge is 2.78. The van der Waals surface area contributed by atoms with Crippen molar-refractivity contribution in [2.45, 2.75) is 29.8 Å². The molecule has 1 aliphatic heterocycles. The van der Waals surface area contributed by atoms with Crippen molar-refractivity contribution in [3.8, 4) is 23.0 Å². The van der Waals surface area contributed by atoms with Crippen molar-refractivity contribution in [3.63, 3.8) is 0 Å². The van der Waals surface area contributed by atoms with Gasteiger partial charge in [-0.15, -0.1) is 0 Å². The van der Waals surface area contributed by atoms with Crippen LogP contribution in [0.3, 0.4) is 0 Å². The second-order valence-corrected chi connectivity index (χ2v) is 10.2. The van der Waals surface area contributed by atoms with Crippen LogP contribution in [0.25, 0.3) is 0 Å². The molecular formula is C32H30O9. The van der Waals surface area contributed by atoms with E-state index in [1.807, 2.05) is 30.3 Å². The molecule has 9 nitrogen and oxygen atoms in total. The van der Waals surface area contributed by atoms with Crippen LogP contribution >= 0.6 is 0 Å². The number of ketones is 1. The Morgan fingerprint density at radius 2 is 1.61 bits per heavy atom. The number of carbonyl (C=O) groups is 1. The van der Waals surface area contributed by atoms with Crippen molar-refractivity contribution in [2.24, 2.45) is 5.92 Å². The molecule has 2 heterocycles. The lowest BCUT2D eigenvalue weighted by molar-refractivity contribution is -0.151. The minimum atomic E-state index is -2.16. The molecule has 9 heteroatoms. The highest BCUT2D eigenvalue weighted by Crippen LogP contribution is 2.70. The van der Waals surface area contributed by atoms with Crippen LogP contribution in [0.15, 0.2) is 83.3 Å². The van der Waals surface area contributed by atoms with E-state index >= 15 is 0 Å². The van der Waals surface area contributed by atoms with E-state index in [4.69, 9.17) is 23.4 Å². The molecule has 5 atom stereocenters. The zero-order chi connectivity index (χ0) is 28.9. The molecule has 1 aromatic heterocycles. The second-order valence-electron chi connectivity index (χ2n) is 10.2. The van der Waals surface area contributed by atoms with E-state index in [1.165, 1.54) is 26.4 Å². The first-order valence-corrected chi connectivity index (χ1v) is 13.1. The summed E-state index contributed by atoms with van der Waals surface area (Å²) in [6.45, 7) is -0.391. The molecular weight excluding hydrogens is 528 g/mol. The zero-order valence-corrected chi connectivity index (χ0v) is 22.7. The number of Topliss-reactive ketones (excluding diaryl/α,β-unsaturated/α-hetero) is 1. The predicted octanol–water partition coefficient (Wildman–Crippen LogP) is 3.93. The molecule has 212 valence electrons. The zero-order valence-electron chi connectivity index (χ0n) is 22.7. The van der Waals surface area contributed by atoms with E-state index < -0.39 is 41.5 Å². The van der Waals surface area contributed by atoms with Crippen LogP contribution in [0.1, 0.15) is 38.9 Å². The molecule has 6 rings (SSSR count). The third-order valence-corrected chi connectivity index (χ3v) is 8.32. The summed E-state index contributed by atoms with van der Waals surface area (Å²) in [4.78, 5) is 14.2. The fourth-order valence-electron chi connectivity index (χ4n) is 6.55. The number of fused-ring (bicyclic) bond motifs is 3. The van der Waals surface area contributed by atoms with Gasteiger partial charge in [0.15, 0.2) is 17.0 Å². The quantitative estimate of drug-likeness (QED) is 0.276. The third-order valence-electron chi connectivity index (χ3n) is 8.32. The van der Waals surface area contributed by atoms with Gasteiger partial charge in [0.1, 0.15) is 41.5 Å². The normalized spacial score (nSPS) is 26.1. The standard InChI is InChI=1S/C32H30O9/c1-37-20-11-9-19(10-12-20)32-27(18-7-5-4-6-8-18)26(29(34)23-14-13-21(17-33)40-23)30(35)31(32,36)28-24(39-3)15-22(38-2)16-25(28)41-32/h4-16,26-27,30,33,35-36H,17H2,1-3H3/t26-,27+,30+,31-,32-/m0/s1. The van der Waals surface area contributed by atoms with Gasteiger partial charge in [-0.05, 0) is 35.4 Å². The Balaban J connectivity index is 1.67. The first-order valence-electron chi connectivity index (χ1n) is 13.1. The largest absolute Gasteiger partial charge is 0.497 e. The Labute approximate surface area is 236 Å². The minimum Gasteiger partial charge on any atom is -0.497 e. The molecule has 2 aliphatic rings. The molecule has 3 aromatic carbocycles. The lowest BCUT2D eigenvalue weighted by atomic mass is 9.70. The SMILES string of the molecule is COc1ccc([C@@]23Oc4cc(OC)cc(OC)c4[C@]2(O)[C@H](O)[C@H](C(=O)c2ccc(CO)o2)[C@H]3c2ccccc2)cc1. The number of methoxy groups -OCH3 is 3. The monoisotopic (exact) mass is 558 g/mol. The van der Waals surface area contributed by atoms with Crippen LogP contribution in [0.4, 0.5) is 0 Å². The number of hydrogen-bond donors (Lipinski definition) is 3. The third kappa shape index (κ3) is 3.70. The summed E-state index contributed by atoms with van der Waals surface area (Å²) in [5, 5.41) is 34.7. The molecule has 3 N–H and O–H groups in total. The van der Waals surface area contributed by atoms with Gasteiger partial charge in [-0.2, -0.15) is 0 Å². The summed E-state index contributed by atoms with van der Waals surface area (Å²) in [5.41, 5.74) is -2.49. The average molecular weight is 559 g/mol. The molecule has 0 bridgehead atoms. The van der Waals surface area contributed by atoms with Crippen molar-refractivity contribution < 1.29 is 43.5 Å². The number of benzene rings is 3. The van der Waals surface area contributed by atoms with Gasteiger partial charge in [-0.3, -0.25) is 4.79 Å². The van der Waals surface area contributed by atoms with Gasteiger partial charge in [-0.1, -0.05) is 42.5 Å². The maximum Gasteiger partial charge on any atom is 0.204 e. The van der Waals surface area contributed by atoms with Crippen molar-refractivity contribution in [1.29, 1.82) is 0 Å². The highest BCUT2D eigenvalue weighted by atomic mass is 16.5. The second kappa shape index (κ2) is 9.95. The molecule has 0 amide bonds. The first kappa shape index (κ1) is 26.9. The van der Waals surface area contributed by atoms with Gasteiger partial charge in [0.2, 0.25) is 5.78 Å². The van der Waals surface area contributed by atoms with E-state index in [2.05, 4.69) is 0 Å². The van der Waals surface area contributed by atoms with Crippen molar-refractivity contribution >= 4 is 5.78 Å². The van der Waals surface area contributed by atoms with E-state index in [-0.39, 0.29) is 28.6 Å². The predicted molar refractivity (Wildman–Crippen MR) is 146 cm³/mol. The molecule has 0 spiro atoms. The van der Waals surface area contributed by atoms with Gasteiger partial charge in [-0.25, -0.2) is 0 Å². The van der Waals surface area contributed by atoms with Gasteiger partial charge in [0.05, 0.1) is 32.8 Å². The summed E-state index contributed by atoms with van der Waals surface area (Å²) >= 11 is 0. The summed E-state index contributed by atoms with van der Waals surface area (Å²) in [6, 6.07) is 22.3. The van der Waals surface area contributed by atoms with Gasteiger partial charge in [0.25, 0.3) is 0 Å². The van der Waals surface area contributed by atoms with Crippen LogP contribution in [-0.4, -0.2) is 48.5 Å².